The fourth-order valence-electron chi connectivity index (χ4n) is 2.15. The molecule has 0 unspecified atom stereocenters. The van der Waals surface area contributed by atoms with Crippen LogP contribution in [0.3, 0.4) is 0 Å². The van der Waals surface area contributed by atoms with Crippen LogP contribution in [0.5, 0.6) is 0 Å². The van der Waals surface area contributed by atoms with Gasteiger partial charge in [-0.15, -0.1) is 0 Å². The quantitative estimate of drug-likeness (QED) is 0.746. The minimum absolute atomic E-state index is 0.405. The van der Waals surface area contributed by atoms with Crippen LogP contribution in [0.2, 0.25) is 0 Å². The predicted octanol–water partition coefficient (Wildman–Crippen LogP) is 1.24. The van der Waals surface area contributed by atoms with Gasteiger partial charge in [-0.25, -0.2) is 0 Å². The van der Waals surface area contributed by atoms with Gasteiger partial charge in [0.05, 0.1) is 31.6 Å². The summed E-state index contributed by atoms with van der Waals surface area (Å²) in [6.07, 6.45) is 2.33. The lowest BCUT2D eigenvalue weighted by molar-refractivity contribution is -0.211. The molecule has 0 saturated carbocycles. The summed E-state index contributed by atoms with van der Waals surface area (Å²) < 4.78 is 16.3. The minimum atomic E-state index is -0.476. The second-order valence-corrected chi connectivity index (χ2v) is 5.06. The monoisotopic (exact) mass is 242 g/mol. The highest BCUT2D eigenvalue weighted by Crippen LogP contribution is 2.20. The second-order valence-electron chi connectivity index (χ2n) is 5.06. The van der Waals surface area contributed by atoms with E-state index in [0.717, 1.165) is 25.3 Å². The van der Waals surface area contributed by atoms with E-state index in [1.165, 1.54) is 6.42 Å². The number of hydrazone groups is 1. The van der Waals surface area contributed by atoms with Crippen LogP contribution in [0, 0.1) is 0 Å². The van der Waals surface area contributed by atoms with Gasteiger partial charge >= 0.3 is 0 Å². The Morgan fingerprint density at radius 3 is 2.76 bits per heavy atom. The van der Waals surface area contributed by atoms with Crippen LogP contribution in [0.4, 0.5) is 0 Å². The molecule has 17 heavy (non-hydrogen) atoms. The summed E-state index contributed by atoms with van der Waals surface area (Å²) in [6.45, 7) is 6.71. The molecule has 2 saturated heterocycles. The molecule has 0 radical (unpaired) electrons. The molecule has 0 aromatic heterocycles. The first-order chi connectivity index (χ1) is 8.11. The third-order valence-corrected chi connectivity index (χ3v) is 3.15. The highest BCUT2D eigenvalue weighted by molar-refractivity contribution is 5.87. The Morgan fingerprint density at radius 1 is 1.41 bits per heavy atom. The van der Waals surface area contributed by atoms with Gasteiger partial charge in [-0.2, -0.15) is 5.10 Å². The first-order valence-electron chi connectivity index (χ1n) is 6.20. The molecule has 5 nitrogen and oxygen atoms in total. The number of ether oxygens (including phenoxy) is 3. The van der Waals surface area contributed by atoms with Gasteiger partial charge in [-0.3, -0.25) is 5.01 Å². The fourth-order valence-corrected chi connectivity index (χ4v) is 2.15. The molecule has 0 bridgehead atoms. The zero-order chi connectivity index (χ0) is 12.3. The van der Waals surface area contributed by atoms with Gasteiger partial charge in [-0.1, -0.05) is 0 Å². The lowest BCUT2D eigenvalue weighted by Gasteiger charge is -2.32. The highest BCUT2D eigenvalue weighted by atomic mass is 16.7. The summed E-state index contributed by atoms with van der Waals surface area (Å²) in [5.74, 6) is -0.476. The van der Waals surface area contributed by atoms with E-state index >= 15 is 0 Å². The molecule has 0 spiro atoms. The van der Waals surface area contributed by atoms with E-state index in [-0.39, 0.29) is 0 Å². The van der Waals surface area contributed by atoms with Crippen LogP contribution >= 0.6 is 0 Å². The van der Waals surface area contributed by atoms with E-state index in [2.05, 4.69) is 10.1 Å². The Morgan fingerprint density at radius 2 is 2.12 bits per heavy atom. The largest absolute Gasteiger partial charge is 0.382 e. The molecule has 98 valence electrons. The molecule has 2 rings (SSSR count). The van der Waals surface area contributed by atoms with Gasteiger partial charge < -0.3 is 14.2 Å². The second kappa shape index (κ2) is 5.33. The summed E-state index contributed by atoms with van der Waals surface area (Å²) in [7, 11) is 1.74. The van der Waals surface area contributed by atoms with Crippen LogP contribution in [0.15, 0.2) is 5.10 Å². The van der Waals surface area contributed by atoms with E-state index in [1.807, 2.05) is 13.8 Å². The number of nitrogens with zero attached hydrogens (tertiary/aromatic N) is 2. The molecule has 0 aliphatic carbocycles. The van der Waals surface area contributed by atoms with Crippen molar-refractivity contribution in [2.45, 2.75) is 38.5 Å². The first-order valence-corrected chi connectivity index (χ1v) is 6.20. The van der Waals surface area contributed by atoms with Crippen molar-refractivity contribution >= 4 is 5.71 Å². The number of hydrogen-bond donors (Lipinski definition) is 0. The molecule has 5 heteroatoms. The molecule has 1 atom stereocenters. The lowest BCUT2D eigenvalue weighted by Crippen LogP contribution is -2.41. The Bertz CT molecular complexity index is 279. The van der Waals surface area contributed by atoms with Crippen molar-refractivity contribution in [3.05, 3.63) is 0 Å². The Labute approximate surface area is 103 Å². The zero-order valence-electron chi connectivity index (χ0n) is 10.9. The average Bonchev–Trinajstić information content (AvgIpc) is 2.70. The standard InChI is InChI=1S/C12H22N2O3/c1-12(2)16-7-10(8-17-12)13-14-6-4-5-11(14)9-15-3/h11H,4-9H2,1-3H3/t11-/m0/s1. The molecule has 0 N–H and O–H groups in total. The third kappa shape index (κ3) is 3.40. The predicted molar refractivity (Wildman–Crippen MR) is 65.0 cm³/mol. The topological polar surface area (TPSA) is 43.3 Å². The van der Waals surface area contributed by atoms with Gasteiger partial charge in [-0.05, 0) is 26.7 Å². The molecular formula is C12H22N2O3. The van der Waals surface area contributed by atoms with Gasteiger partial charge in [0.15, 0.2) is 5.79 Å². The van der Waals surface area contributed by atoms with Crippen molar-refractivity contribution in [3.63, 3.8) is 0 Å². The van der Waals surface area contributed by atoms with Crippen LogP contribution in [-0.4, -0.2) is 56.0 Å². The van der Waals surface area contributed by atoms with Crippen molar-refractivity contribution in [3.8, 4) is 0 Å². The molecule has 0 aromatic rings. The number of hydrogen-bond acceptors (Lipinski definition) is 5. The molecule has 2 aliphatic rings. The maximum Gasteiger partial charge on any atom is 0.163 e. The van der Waals surface area contributed by atoms with E-state index in [9.17, 15) is 0 Å². The smallest absolute Gasteiger partial charge is 0.163 e. The molecule has 0 aromatic carbocycles. The Balaban J connectivity index is 1.91. The van der Waals surface area contributed by atoms with Crippen LogP contribution < -0.4 is 0 Å². The molecule has 2 heterocycles. The zero-order valence-corrected chi connectivity index (χ0v) is 10.9. The fraction of sp³-hybridized carbons (Fsp3) is 0.917. The van der Waals surface area contributed by atoms with Crippen molar-refractivity contribution in [1.82, 2.24) is 5.01 Å². The van der Waals surface area contributed by atoms with Gasteiger partial charge in [0.1, 0.15) is 0 Å². The number of methoxy groups -OCH3 is 1. The van der Waals surface area contributed by atoms with Gasteiger partial charge in [0.25, 0.3) is 0 Å². The summed E-state index contributed by atoms with van der Waals surface area (Å²) in [4.78, 5) is 0. The summed E-state index contributed by atoms with van der Waals surface area (Å²) in [5.41, 5.74) is 0.965. The van der Waals surface area contributed by atoms with Crippen LogP contribution in [0.25, 0.3) is 0 Å². The van der Waals surface area contributed by atoms with Gasteiger partial charge in [0.2, 0.25) is 0 Å². The normalized spacial score (nSPS) is 28.5. The summed E-state index contributed by atoms with van der Waals surface area (Å²) in [6, 6.07) is 0.405. The van der Waals surface area contributed by atoms with Crippen molar-refractivity contribution in [2.24, 2.45) is 5.10 Å². The summed E-state index contributed by atoms with van der Waals surface area (Å²) >= 11 is 0. The molecule has 2 aliphatic heterocycles. The lowest BCUT2D eigenvalue weighted by atomic mass is 10.2. The van der Waals surface area contributed by atoms with E-state index in [0.29, 0.717) is 19.3 Å². The van der Waals surface area contributed by atoms with Crippen molar-refractivity contribution in [1.29, 1.82) is 0 Å². The third-order valence-electron chi connectivity index (χ3n) is 3.15. The minimum Gasteiger partial charge on any atom is -0.382 e. The Kier molecular flexibility index (Phi) is 4.01. The van der Waals surface area contributed by atoms with E-state index in [4.69, 9.17) is 14.2 Å². The molecular weight excluding hydrogens is 220 g/mol. The Hall–Kier alpha value is -0.650. The average molecular weight is 242 g/mol. The summed E-state index contributed by atoms with van der Waals surface area (Å²) in [5, 5.41) is 6.74. The van der Waals surface area contributed by atoms with E-state index < -0.39 is 5.79 Å². The first kappa shape index (κ1) is 12.8. The van der Waals surface area contributed by atoms with Crippen LogP contribution in [-0.2, 0) is 14.2 Å². The van der Waals surface area contributed by atoms with Crippen molar-refractivity contribution in [2.75, 3.05) is 33.5 Å². The maximum atomic E-state index is 5.57. The number of rotatable bonds is 3. The van der Waals surface area contributed by atoms with Crippen LogP contribution in [0.1, 0.15) is 26.7 Å². The highest BCUT2D eigenvalue weighted by Gasteiger charge is 2.28. The SMILES string of the molecule is COC[C@@H]1CCCN1N=C1COC(C)(C)OC1. The maximum absolute atomic E-state index is 5.57. The van der Waals surface area contributed by atoms with Gasteiger partial charge in [0, 0.05) is 13.7 Å². The van der Waals surface area contributed by atoms with Crippen molar-refractivity contribution < 1.29 is 14.2 Å². The van der Waals surface area contributed by atoms with E-state index in [1.54, 1.807) is 7.11 Å². The molecule has 2 fully saturated rings. The molecule has 0 amide bonds.